The topological polar surface area (TPSA) is 73.2 Å². The number of hydrogen-bond acceptors (Lipinski definition) is 4. The molecular weight excluding hydrogens is 332 g/mol. The Balaban J connectivity index is 2.03. The van der Waals surface area contributed by atoms with Crippen molar-refractivity contribution in [3.8, 4) is 11.1 Å². The van der Waals surface area contributed by atoms with E-state index in [0.29, 0.717) is 14.8 Å². The summed E-state index contributed by atoms with van der Waals surface area (Å²) in [7, 11) is 0. The van der Waals surface area contributed by atoms with E-state index in [0.717, 1.165) is 16.0 Å². The van der Waals surface area contributed by atoms with Crippen molar-refractivity contribution in [2.24, 2.45) is 0 Å². The van der Waals surface area contributed by atoms with Crippen molar-refractivity contribution in [3.63, 3.8) is 0 Å². The lowest BCUT2D eigenvalue weighted by Crippen LogP contribution is -2.19. The fourth-order valence-corrected chi connectivity index (χ4v) is 3.85. The lowest BCUT2D eigenvalue weighted by Gasteiger charge is -1.98. The van der Waals surface area contributed by atoms with E-state index in [1.54, 1.807) is 19.1 Å². The van der Waals surface area contributed by atoms with Gasteiger partial charge in [-0.25, -0.2) is 5.21 Å². The van der Waals surface area contributed by atoms with Crippen LogP contribution in [0.2, 0.25) is 0 Å². The minimum Gasteiger partial charge on any atom is -0.313 e. The first kappa shape index (κ1) is 15.4. The van der Waals surface area contributed by atoms with Gasteiger partial charge in [-0.2, -0.15) is 0 Å². The van der Waals surface area contributed by atoms with Crippen molar-refractivity contribution in [2.75, 3.05) is 0 Å². The second kappa shape index (κ2) is 5.94. The van der Waals surface area contributed by atoms with Gasteiger partial charge in [0, 0.05) is 16.5 Å². The van der Waals surface area contributed by atoms with E-state index >= 15 is 0 Å². The SMILES string of the molecule is C=c1[nH]c(=O)c(=Cc2cc(-c3ccc(C)c([N+](=O)O)c3)cs2)s1. The maximum absolute atomic E-state index is 11.7. The minimum absolute atomic E-state index is 0.126. The highest BCUT2D eigenvalue weighted by molar-refractivity contribution is 7.11. The molecule has 23 heavy (non-hydrogen) atoms. The molecule has 2 heterocycles. The van der Waals surface area contributed by atoms with Crippen LogP contribution in [0.3, 0.4) is 0 Å². The molecule has 0 amide bonds. The molecule has 0 saturated heterocycles. The molecule has 0 unspecified atom stereocenters. The highest BCUT2D eigenvalue weighted by Gasteiger charge is 2.17. The Morgan fingerprint density at radius 2 is 2.09 bits per heavy atom. The number of hydrogen-bond donors (Lipinski definition) is 2. The van der Waals surface area contributed by atoms with Crippen LogP contribution in [0.1, 0.15) is 10.4 Å². The van der Waals surface area contributed by atoms with Gasteiger partial charge in [0.25, 0.3) is 10.5 Å². The number of H-pyrrole nitrogens is 1. The van der Waals surface area contributed by atoms with Crippen molar-refractivity contribution in [2.45, 2.75) is 6.92 Å². The van der Waals surface area contributed by atoms with E-state index in [1.165, 1.54) is 22.7 Å². The lowest BCUT2D eigenvalue weighted by atomic mass is 10.1. The number of aromatic nitrogens is 1. The summed E-state index contributed by atoms with van der Waals surface area (Å²) in [6.07, 6.45) is 1.81. The molecule has 0 fully saturated rings. The van der Waals surface area contributed by atoms with Crippen LogP contribution >= 0.6 is 22.7 Å². The van der Waals surface area contributed by atoms with Gasteiger partial charge in [0.05, 0.1) is 14.1 Å². The van der Waals surface area contributed by atoms with E-state index in [1.807, 2.05) is 23.6 Å². The maximum atomic E-state index is 11.7. The molecule has 116 valence electrons. The van der Waals surface area contributed by atoms with Crippen molar-refractivity contribution >= 4 is 41.0 Å². The Morgan fingerprint density at radius 1 is 1.30 bits per heavy atom. The standard InChI is InChI=1S/C16H12N2O3S2/c1-9-3-4-11(6-14(9)18(20)21)12-5-13(22-8-12)7-15-16(19)17-10(2)23-15/h3-8H,2H2,1H3,(H-,17,19,20,21)/p+1. The van der Waals surface area contributed by atoms with Gasteiger partial charge in [-0.15, -0.1) is 22.7 Å². The Kier molecular flexibility index (Phi) is 3.97. The Hall–Kier alpha value is -2.51. The van der Waals surface area contributed by atoms with Crippen molar-refractivity contribution in [3.05, 3.63) is 64.5 Å². The molecule has 7 heteroatoms. The third-order valence-electron chi connectivity index (χ3n) is 3.35. The monoisotopic (exact) mass is 345 g/mol. The quantitative estimate of drug-likeness (QED) is 0.717. The van der Waals surface area contributed by atoms with Crippen LogP contribution in [-0.2, 0) is 0 Å². The zero-order chi connectivity index (χ0) is 16.6. The number of thiophene rings is 1. The van der Waals surface area contributed by atoms with Crippen LogP contribution in [-0.4, -0.2) is 15.1 Å². The molecule has 0 atom stereocenters. The average Bonchev–Trinajstić information content (AvgIpc) is 3.06. The van der Waals surface area contributed by atoms with Crippen LogP contribution in [0.4, 0.5) is 5.69 Å². The van der Waals surface area contributed by atoms with E-state index in [4.69, 9.17) is 5.21 Å². The van der Waals surface area contributed by atoms with E-state index in [2.05, 4.69) is 11.6 Å². The summed E-state index contributed by atoms with van der Waals surface area (Å²) in [5.74, 6) is 0. The fourth-order valence-electron chi connectivity index (χ4n) is 2.19. The molecular formula is C16H13N2O3S2+. The molecule has 3 aromatic rings. The number of benzene rings is 1. The lowest BCUT2D eigenvalue weighted by molar-refractivity contribution is -0.730. The zero-order valence-corrected chi connectivity index (χ0v) is 13.8. The van der Waals surface area contributed by atoms with E-state index in [-0.39, 0.29) is 16.2 Å². The molecule has 0 aliphatic heterocycles. The minimum atomic E-state index is -0.144. The number of thiazole rings is 1. The van der Waals surface area contributed by atoms with Gasteiger partial charge in [0.2, 0.25) is 0 Å². The van der Waals surface area contributed by atoms with Crippen LogP contribution < -0.4 is 14.8 Å². The van der Waals surface area contributed by atoms with Crippen LogP contribution in [0.25, 0.3) is 23.8 Å². The maximum Gasteiger partial charge on any atom is 0.320 e. The van der Waals surface area contributed by atoms with E-state index < -0.39 is 0 Å². The van der Waals surface area contributed by atoms with Crippen molar-refractivity contribution in [1.82, 2.24) is 4.98 Å². The molecule has 0 aliphatic rings. The smallest absolute Gasteiger partial charge is 0.313 e. The Labute approximate surface area is 139 Å². The molecule has 0 radical (unpaired) electrons. The molecule has 0 bridgehead atoms. The first-order valence-corrected chi connectivity index (χ1v) is 8.39. The first-order chi connectivity index (χ1) is 10.9. The van der Waals surface area contributed by atoms with Gasteiger partial charge in [-0.05, 0) is 35.6 Å². The van der Waals surface area contributed by atoms with Crippen molar-refractivity contribution < 1.29 is 10.1 Å². The number of nitrogens with one attached hydrogen (secondary N) is 1. The number of nitrogens with zero attached hydrogens (tertiary/aromatic N) is 1. The van der Waals surface area contributed by atoms with E-state index in [9.17, 15) is 9.70 Å². The average molecular weight is 345 g/mol. The summed E-state index contributed by atoms with van der Waals surface area (Å²) in [6.45, 7) is 5.48. The van der Waals surface area contributed by atoms with Gasteiger partial charge >= 0.3 is 5.69 Å². The highest BCUT2D eigenvalue weighted by atomic mass is 32.1. The molecule has 5 nitrogen and oxygen atoms in total. The molecule has 0 spiro atoms. The largest absolute Gasteiger partial charge is 0.320 e. The second-order valence-corrected chi connectivity index (χ2v) is 7.08. The van der Waals surface area contributed by atoms with Gasteiger partial charge in [0.1, 0.15) is 0 Å². The summed E-state index contributed by atoms with van der Waals surface area (Å²) in [5, 5.41) is 11.1. The summed E-state index contributed by atoms with van der Waals surface area (Å²) in [6, 6.07) is 7.25. The van der Waals surface area contributed by atoms with Crippen molar-refractivity contribution in [1.29, 1.82) is 0 Å². The predicted octanol–water partition coefficient (Wildman–Crippen LogP) is 2.51. The molecule has 2 aromatic heterocycles. The number of aryl methyl sites for hydroxylation is 1. The molecule has 1 aromatic carbocycles. The summed E-state index contributed by atoms with van der Waals surface area (Å²) < 4.78 is 1.23. The normalized spacial score (nSPS) is 11.8. The highest BCUT2D eigenvalue weighted by Crippen LogP contribution is 2.30. The first-order valence-electron chi connectivity index (χ1n) is 6.69. The zero-order valence-electron chi connectivity index (χ0n) is 12.2. The third kappa shape index (κ3) is 3.15. The van der Waals surface area contributed by atoms with Crippen LogP contribution in [0.5, 0.6) is 0 Å². The number of aromatic amines is 1. The summed E-state index contributed by atoms with van der Waals surface area (Å²) in [4.78, 5) is 26.3. The molecule has 3 rings (SSSR count). The Morgan fingerprint density at radius 3 is 2.74 bits per heavy atom. The van der Waals surface area contributed by atoms with Gasteiger partial charge in [0.15, 0.2) is 0 Å². The van der Waals surface area contributed by atoms with Gasteiger partial charge in [-0.3, -0.25) is 4.79 Å². The summed E-state index contributed by atoms with van der Waals surface area (Å²) in [5.41, 5.74) is 2.52. The van der Waals surface area contributed by atoms with Gasteiger partial charge in [-0.1, -0.05) is 18.7 Å². The van der Waals surface area contributed by atoms with Crippen LogP contribution in [0, 0.1) is 11.8 Å². The molecule has 0 aliphatic carbocycles. The summed E-state index contributed by atoms with van der Waals surface area (Å²) >= 11 is 2.81. The third-order valence-corrected chi connectivity index (χ3v) is 5.10. The predicted molar refractivity (Wildman–Crippen MR) is 92.8 cm³/mol. The van der Waals surface area contributed by atoms with Gasteiger partial charge < -0.3 is 4.98 Å². The second-order valence-electron chi connectivity index (χ2n) is 5.00. The fraction of sp³-hybridized carbons (Fsp3) is 0.0625. The molecule has 0 saturated carbocycles. The molecule has 2 N–H and O–H groups in total. The number of rotatable bonds is 3. The van der Waals surface area contributed by atoms with Crippen LogP contribution in [0.15, 0.2) is 34.4 Å². The Bertz CT molecular complexity index is 1060.